The van der Waals surface area contributed by atoms with Gasteiger partial charge in [-0.2, -0.15) is 9.97 Å². The van der Waals surface area contributed by atoms with Crippen LogP contribution in [0.15, 0.2) is 42.5 Å². The molecule has 0 amide bonds. The van der Waals surface area contributed by atoms with Crippen LogP contribution >= 0.6 is 11.8 Å². The Hall–Kier alpha value is -3.70. The number of amidine groups is 1. The van der Waals surface area contributed by atoms with E-state index in [1.54, 1.807) is 28.4 Å². The minimum atomic E-state index is 0. The number of methoxy groups -OCH3 is 4. The summed E-state index contributed by atoms with van der Waals surface area (Å²) in [6, 6.07) is 13.8. The second-order valence-electron chi connectivity index (χ2n) is 9.87. The number of nitrogens with zero attached hydrogens (tertiary/aromatic N) is 4. The molecule has 44 heavy (non-hydrogen) atoms. The van der Waals surface area contributed by atoms with E-state index in [0.29, 0.717) is 35.6 Å². The first-order chi connectivity index (χ1) is 20.8. The highest BCUT2D eigenvalue weighted by molar-refractivity contribution is 8.13. The zero-order valence-corrected chi connectivity index (χ0v) is 29.2. The molecule has 0 aliphatic heterocycles. The third-order valence-electron chi connectivity index (χ3n) is 6.22. The predicted molar refractivity (Wildman–Crippen MR) is 177 cm³/mol. The standard InChI is InChI=1S/C33H43N4O5S.BrH/c1-36(2)33(37(3)4)43-20-10-9-19-42-32-34-26(15-11-24-13-17-28(38-5)30(21-24)40-7)23-27(35-32)16-12-25-14-18-29(39-6)31(22-25)41-8;/h11-18,21-23H,9-10,19-20H2,1-8H3;1H/q+1;/p-1/b15-11+,16-12+;. The number of unbranched alkanes of at least 4 members (excludes halogenated alkanes) is 1. The fourth-order valence-corrected chi connectivity index (χ4v) is 5.21. The van der Waals surface area contributed by atoms with Gasteiger partial charge in [0, 0.05) is 5.75 Å². The Morgan fingerprint density at radius 1 is 0.727 bits per heavy atom. The summed E-state index contributed by atoms with van der Waals surface area (Å²) in [5.74, 6) is 3.68. The molecule has 3 rings (SSSR count). The van der Waals surface area contributed by atoms with Gasteiger partial charge in [0.25, 0.3) is 0 Å². The Labute approximate surface area is 276 Å². The molecule has 3 aromatic rings. The van der Waals surface area contributed by atoms with E-state index in [4.69, 9.17) is 23.7 Å². The summed E-state index contributed by atoms with van der Waals surface area (Å²) in [6.45, 7) is 0.529. The van der Waals surface area contributed by atoms with Crippen molar-refractivity contribution >= 4 is 41.2 Å². The number of ether oxygens (including phenoxy) is 5. The maximum atomic E-state index is 6.03. The molecule has 0 aliphatic carbocycles. The van der Waals surface area contributed by atoms with Crippen LogP contribution in [0.5, 0.6) is 29.0 Å². The normalized spacial score (nSPS) is 10.8. The molecule has 0 saturated carbocycles. The van der Waals surface area contributed by atoms with Crippen molar-refractivity contribution in [1.82, 2.24) is 14.9 Å². The zero-order valence-electron chi connectivity index (χ0n) is 26.8. The number of rotatable bonds is 14. The molecule has 0 spiro atoms. The van der Waals surface area contributed by atoms with Crippen molar-refractivity contribution in [3.63, 3.8) is 0 Å². The SMILES string of the molecule is COc1ccc(/C=C/c2cc(/C=C/c3ccc(OC)c(OC)c3)nc(OCCCCSC(N(C)C)=[N+](C)C)n2)cc1OC.[Br-]. The van der Waals surface area contributed by atoms with E-state index in [1.807, 2.05) is 78.5 Å². The van der Waals surface area contributed by atoms with Crippen molar-refractivity contribution in [2.24, 2.45) is 0 Å². The largest absolute Gasteiger partial charge is 1.00 e. The van der Waals surface area contributed by atoms with Crippen LogP contribution < -0.4 is 40.7 Å². The van der Waals surface area contributed by atoms with Crippen LogP contribution in [-0.4, -0.2) is 93.6 Å². The summed E-state index contributed by atoms with van der Waals surface area (Å²) >= 11 is 1.84. The third-order valence-corrected chi connectivity index (χ3v) is 7.70. The van der Waals surface area contributed by atoms with Gasteiger partial charge in [-0.05, 0) is 78.2 Å². The van der Waals surface area contributed by atoms with E-state index in [2.05, 4.69) is 47.6 Å². The Morgan fingerprint density at radius 2 is 1.23 bits per heavy atom. The van der Waals surface area contributed by atoms with Crippen LogP contribution in [0, 0.1) is 0 Å². The van der Waals surface area contributed by atoms with Gasteiger partial charge < -0.3 is 40.7 Å². The second-order valence-corrected chi connectivity index (χ2v) is 10.9. The Morgan fingerprint density at radius 3 is 1.66 bits per heavy atom. The summed E-state index contributed by atoms with van der Waals surface area (Å²) < 4.78 is 29.8. The number of thioether (sulfide) groups is 1. The summed E-state index contributed by atoms with van der Waals surface area (Å²) in [5.41, 5.74) is 3.34. The molecule has 9 nitrogen and oxygen atoms in total. The van der Waals surface area contributed by atoms with Gasteiger partial charge in [-0.25, -0.2) is 0 Å². The quantitative estimate of drug-likeness (QED) is 0.110. The molecule has 0 bridgehead atoms. The van der Waals surface area contributed by atoms with E-state index in [-0.39, 0.29) is 17.0 Å². The fraction of sp³-hybridized carbons (Fsp3) is 0.364. The fourth-order valence-electron chi connectivity index (χ4n) is 4.16. The number of benzene rings is 2. The van der Waals surface area contributed by atoms with E-state index < -0.39 is 0 Å². The van der Waals surface area contributed by atoms with Crippen LogP contribution in [-0.2, 0) is 0 Å². The first kappa shape index (κ1) is 36.5. The summed E-state index contributed by atoms with van der Waals surface area (Å²) in [6.07, 6.45) is 9.71. The molecule has 238 valence electrons. The Balaban J connectivity index is 0.00000675. The molecular formula is C33H43BrN4O5S. The molecule has 0 saturated heterocycles. The minimum Gasteiger partial charge on any atom is -1.00 e. The van der Waals surface area contributed by atoms with Gasteiger partial charge in [0.15, 0.2) is 23.0 Å². The topological polar surface area (TPSA) is 78.2 Å². The second kappa shape index (κ2) is 18.9. The van der Waals surface area contributed by atoms with Gasteiger partial charge in [0.2, 0.25) is 0 Å². The van der Waals surface area contributed by atoms with Gasteiger partial charge in [-0.1, -0.05) is 24.3 Å². The molecule has 1 heterocycles. The Bertz CT molecular complexity index is 1360. The van der Waals surface area contributed by atoms with Crippen molar-refractivity contribution in [1.29, 1.82) is 0 Å². The van der Waals surface area contributed by atoms with Crippen molar-refractivity contribution < 1.29 is 45.2 Å². The van der Waals surface area contributed by atoms with Crippen LogP contribution in [0.4, 0.5) is 0 Å². The van der Waals surface area contributed by atoms with Crippen molar-refractivity contribution in [2.75, 3.05) is 69.0 Å². The summed E-state index contributed by atoms with van der Waals surface area (Å²) in [4.78, 5) is 11.4. The van der Waals surface area contributed by atoms with Crippen LogP contribution in [0.25, 0.3) is 24.3 Å². The first-order valence-electron chi connectivity index (χ1n) is 13.9. The predicted octanol–water partition coefficient (Wildman–Crippen LogP) is 2.94. The van der Waals surface area contributed by atoms with Gasteiger partial charge in [0.05, 0.1) is 74.6 Å². The van der Waals surface area contributed by atoms with E-state index in [1.165, 1.54) is 5.17 Å². The lowest BCUT2D eigenvalue weighted by atomic mass is 10.1. The van der Waals surface area contributed by atoms with Crippen molar-refractivity contribution in [3.05, 3.63) is 65.0 Å². The Kier molecular flexibility index (Phi) is 15.6. The highest BCUT2D eigenvalue weighted by Crippen LogP contribution is 2.29. The molecule has 11 heteroatoms. The summed E-state index contributed by atoms with van der Waals surface area (Å²) in [5, 5.41) is 1.23. The van der Waals surface area contributed by atoms with Crippen molar-refractivity contribution in [3.8, 4) is 29.0 Å². The van der Waals surface area contributed by atoms with Crippen LogP contribution in [0.1, 0.15) is 35.4 Å². The molecule has 0 N–H and O–H groups in total. The molecule has 0 aliphatic rings. The smallest absolute Gasteiger partial charge is 0.317 e. The van der Waals surface area contributed by atoms with E-state index in [0.717, 1.165) is 41.1 Å². The third kappa shape index (κ3) is 11.1. The lowest BCUT2D eigenvalue weighted by Gasteiger charge is -2.10. The lowest BCUT2D eigenvalue weighted by Crippen LogP contribution is -3.00. The first-order valence-corrected chi connectivity index (χ1v) is 14.9. The van der Waals surface area contributed by atoms with Gasteiger partial charge in [-0.3, -0.25) is 9.48 Å². The maximum absolute atomic E-state index is 6.03. The minimum absolute atomic E-state index is 0. The van der Waals surface area contributed by atoms with Crippen LogP contribution in [0.2, 0.25) is 0 Å². The van der Waals surface area contributed by atoms with Gasteiger partial charge >= 0.3 is 11.2 Å². The van der Waals surface area contributed by atoms with E-state index >= 15 is 0 Å². The highest BCUT2D eigenvalue weighted by atomic mass is 79.9. The van der Waals surface area contributed by atoms with Gasteiger partial charge in [0.1, 0.15) is 0 Å². The number of halogens is 1. The lowest BCUT2D eigenvalue weighted by molar-refractivity contribution is -0.466. The summed E-state index contributed by atoms with van der Waals surface area (Å²) in [7, 11) is 14.7. The molecule has 2 aromatic carbocycles. The molecular weight excluding hydrogens is 644 g/mol. The number of aromatic nitrogens is 2. The molecule has 1 aromatic heterocycles. The van der Waals surface area contributed by atoms with E-state index in [9.17, 15) is 0 Å². The monoisotopic (exact) mass is 686 g/mol. The number of hydrogen-bond donors (Lipinski definition) is 0. The van der Waals surface area contributed by atoms with Crippen molar-refractivity contribution in [2.45, 2.75) is 12.8 Å². The zero-order chi connectivity index (χ0) is 31.2. The average molecular weight is 688 g/mol. The average Bonchev–Trinajstić information content (AvgIpc) is 3.01. The maximum Gasteiger partial charge on any atom is 0.317 e. The molecule has 0 fully saturated rings. The molecule has 0 atom stereocenters. The van der Waals surface area contributed by atoms with Gasteiger partial charge in [-0.15, -0.1) is 0 Å². The molecule has 0 unspecified atom stereocenters. The van der Waals surface area contributed by atoms with Crippen LogP contribution in [0.3, 0.4) is 0 Å². The molecule has 0 radical (unpaired) electrons. The highest BCUT2D eigenvalue weighted by Gasteiger charge is 2.12. The number of hydrogen-bond acceptors (Lipinski definition) is 8.